The van der Waals surface area contributed by atoms with Gasteiger partial charge in [0.25, 0.3) is 0 Å². The number of nitrogens with two attached hydrogens (primary N) is 1. The number of ether oxygens (including phenoxy) is 1. The summed E-state index contributed by atoms with van der Waals surface area (Å²) < 4.78 is 5.96. The maximum absolute atomic E-state index is 12.7. The normalized spacial score (nSPS) is 15.6. The molecule has 3 aromatic rings. The van der Waals surface area contributed by atoms with Gasteiger partial charge < -0.3 is 41.5 Å². The highest BCUT2D eigenvalue weighted by molar-refractivity contribution is 5.87. The van der Waals surface area contributed by atoms with E-state index in [1.165, 1.54) is 5.56 Å². The van der Waals surface area contributed by atoms with Crippen LogP contribution >= 0.6 is 0 Å². The van der Waals surface area contributed by atoms with E-state index in [0.29, 0.717) is 25.4 Å². The van der Waals surface area contributed by atoms with Crippen LogP contribution in [0.2, 0.25) is 0 Å². The van der Waals surface area contributed by atoms with Crippen molar-refractivity contribution in [3.63, 3.8) is 0 Å². The Labute approximate surface area is 266 Å². The minimum Gasteiger partial charge on any atom is -0.496 e. The fourth-order valence-corrected chi connectivity index (χ4v) is 6.01. The Morgan fingerprint density at radius 2 is 1.80 bits per heavy atom. The fraction of sp³-hybridized carbons (Fsp3) is 0.429. The standard InChI is InChI=1S/C35H47N5O5/c1-22(18-38-19-23-8-6-9-24(14-23)34(43)44)30(21-41)31(33(36)42)39-20-25-10-7-11-29(32(25)45-5)26-15-27(35(37-2)12-13-35)17-28(16-26)40(3)4/h6-11,14-17,22,30-31,37-39,41H,12-13,18-21H2,1-5H3,(H2,36,42)(H,43,44). The molecule has 3 atom stereocenters. The summed E-state index contributed by atoms with van der Waals surface area (Å²) in [6, 6.07) is 18.6. The van der Waals surface area contributed by atoms with E-state index < -0.39 is 23.8 Å². The van der Waals surface area contributed by atoms with Crippen molar-refractivity contribution in [2.75, 3.05) is 46.3 Å². The highest BCUT2D eigenvalue weighted by Gasteiger charge is 2.43. The molecular weight excluding hydrogens is 570 g/mol. The summed E-state index contributed by atoms with van der Waals surface area (Å²) in [5.41, 5.74) is 12.1. The van der Waals surface area contributed by atoms with Crippen molar-refractivity contribution in [1.82, 2.24) is 16.0 Å². The topological polar surface area (TPSA) is 149 Å². The molecule has 0 spiro atoms. The smallest absolute Gasteiger partial charge is 0.335 e. The molecule has 1 amide bonds. The molecule has 0 aliphatic heterocycles. The zero-order valence-electron chi connectivity index (χ0n) is 26.9. The molecule has 3 aromatic carbocycles. The minimum absolute atomic E-state index is 0.00472. The van der Waals surface area contributed by atoms with Crippen LogP contribution in [0.5, 0.6) is 5.75 Å². The number of anilines is 1. The van der Waals surface area contributed by atoms with Crippen LogP contribution in [0.25, 0.3) is 11.1 Å². The number of amides is 1. The number of para-hydroxylation sites is 1. The van der Waals surface area contributed by atoms with Gasteiger partial charge in [-0.1, -0.05) is 37.3 Å². The molecule has 0 bridgehead atoms. The summed E-state index contributed by atoms with van der Waals surface area (Å²) in [4.78, 5) is 26.1. The first-order chi connectivity index (χ1) is 21.5. The van der Waals surface area contributed by atoms with E-state index >= 15 is 0 Å². The van der Waals surface area contributed by atoms with E-state index in [1.807, 2.05) is 52.3 Å². The van der Waals surface area contributed by atoms with Gasteiger partial charge in [-0.25, -0.2) is 4.79 Å². The number of rotatable bonds is 17. The van der Waals surface area contributed by atoms with Crippen LogP contribution in [0, 0.1) is 11.8 Å². The van der Waals surface area contributed by atoms with Crippen LogP contribution in [0.15, 0.2) is 60.7 Å². The molecule has 45 heavy (non-hydrogen) atoms. The summed E-state index contributed by atoms with van der Waals surface area (Å²) >= 11 is 0. The van der Waals surface area contributed by atoms with Crippen molar-refractivity contribution in [3.8, 4) is 16.9 Å². The number of primary amides is 1. The van der Waals surface area contributed by atoms with Gasteiger partial charge in [0.05, 0.1) is 18.7 Å². The molecule has 10 heteroatoms. The third kappa shape index (κ3) is 8.01. The average Bonchev–Trinajstić information content (AvgIpc) is 3.84. The van der Waals surface area contributed by atoms with Gasteiger partial charge in [-0.05, 0) is 79.4 Å². The van der Waals surface area contributed by atoms with Gasteiger partial charge >= 0.3 is 5.97 Å². The first-order valence-corrected chi connectivity index (χ1v) is 15.4. The Morgan fingerprint density at radius 1 is 1.07 bits per heavy atom. The van der Waals surface area contributed by atoms with E-state index in [4.69, 9.17) is 10.5 Å². The van der Waals surface area contributed by atoms with Crippen LogP contribution < -0.4 is 31.3 Å². The third-order valence-corrected chi connectivity index (χ3v) is 8.99. The molecule has 0 aromatic heterocycles. The number of hydrogen-bond donors (Lipinski definition) is 6. The molecule has 3 unspecified atom stereocenters. The van der Waals surface area contributed by atoms with Crippen LogP contribution in [0.1, 0.15) is 46.8 Å². The van der Waals surface area contributed by atoms with Gasteiger partial charge in [0.1, 0.15) is 5.75 Å². The zero-order valence-corrected chi connectivity index (χ0v) is 26.9. The highest BCUT2D eigenvalue weighted by atomic mass is 16.5. The molecule has 4 rings (SSSR count). The van der Waals surface area contributed by atoms with E-state index in [1.54, 1.807) is 25.3 Å². The lowest BCUT2D eigenvalue weighted by Crippen LogP contribution is -2.50. The van der Waals surface area contributed by atoms with Crippen molar-refractivity contribution in [3.05, 3.63) is 82.9 Å². The molecule has 1 saturated carbocycles. The molecule has 0 heterocycles. The van der Waals surface area contributed by atoms with Gasteiger partial charge in [-0.2, -0.15) is 0 Å². The molecular formula is C35H47N5O5. The Hall–Kier alpha value is -3.96. The quantitative estimate of drug-likeness (QED) is 0.134. The summed E-state index contributed by atoms with van der Waals surface area (Å²) in [7, 11) is 7.73. The fourth-order valence-electron chi connectivity index (χ4n) is 6.01. The number of aliphatic hydroxyl groups is 1. The molecule has 1 fully saturated rings. The van der Waals surface area contributed by atoms with Gasteiger partial charge in [0, 0.05) is 62.1 Å². The highest BCUT2D eigenvalue weighted by Crippen LogP contribution is 2.47. The number of hydrogen-bond acceptors (Lipinski definition) is 8. The number of benzene rings is 3. The van der Waals surface area contributed by atoms with Crippen LogP contribution in [0.3, 0.4) is 0 Å². The van der Waals surface area contributed by atoms with Gasteiger partial charge in [-0.15, -0.1) is 0 Å². The number of aliphatic hydroxyl groups excluding tert-OH is 1. The second kappa shape index (κ2) is 14.9. The number of methoxy groups -OCH3 is 1. The van der Waals surface area contributed by atoms with E-state index in [2.05, 4.69) is 39.0 Å². The predicted molar refractivity (Wildman–Crippen MR) is 177 cm³/mol. The van der Waals surface area contributed by atoms with E-state index in [-0.39, 0.29) is 23.6 Å². The number of aromatic carboxylic acids is 1. The number of carboxylic acids is 1. The number of nitrogens with one attached hydrogen (secondary N) is 3. The minimum atomic E-state index is -0.977. The van der Waals surface area contributed by atoms with Crippen LogP contribution in [0.4, 0.5) is 5.69 Å². The molecule has 7 N–H and O–H groups in total. The van der Waals surface area contributed by atoms with E-state index in [9.17, 15) is 19.8 Å². The summed E-state index contributed by atoms with van der Waals surface area (Å²) in [5, 5.41) is 29.7. The average molecular weight is 618 g/mol. The number of carbonyl (C=O) groups is 2. The Morgan fingerprint density at radius 3 is 2.40 bits per heavy atom. The summed E-state index contributed by atoms with van der Waals surface area (Å²) in [6.07, 6.45) is 2.18. The van der Waals surface area contributed by atoms with Crippen molar-refractivity contribution in [2.24, 2.45) is 17.6 Å². The van der Waals surface area contributed by atoms with Crippen molar-refractivity contribution in [1.29, 1.82) is 0 Å². The first kappa shape index (κ1) is 33.9. The van der Waals surface area contributed by atoms with Crippen molar-refractivity contribution >= 4 is 17.6 Å². The molecule has 1 aliphatic carbocycles. The van der Waals surface area contributed by atoms with Crippen LogP contribution in [-0.2, 0) is 23.4 Å². The molecule has 10 nitrogen and oxygen atoms in total. The third-order valence-electron chi connectivity index (χ3n) is 8.99. The first-order valence-electron chi connectivity index (χ1n) is 15.4. The number of carbonyl (C=O) groups excluding carboxylic acids is 1. The lowest BCUT2D eigenvalue weighted by Gasteiger charge is -2.30. The monoisotopic (exact) mass is 617 g/mol. The maximum atomic E-state index is 12.7. The zero-order chi connectivity index (χ0) is 32.7. The Bertz CT molecular complexity index is 1490. The van der Waals surface area contributed by atoms with Crippen LogP contribution in [-0.4, -0.2) is 69.5 Å². The van der Waals surface area contributed by atoms with Gasteiger partial charge in [0.2, 0.25) is 5.91 Å². The lowest BCUT2D eigenvalue weighted by molar-refractivity contribution is -0.122. The second-order valence-corrected chi connectivity index (χ2v) is 12.2. The molecule has 0 radical (unpaired) electrons. The molecule has 1 aliphatic rings. The number of carboxylic acid groups (broad SMARTS) is 1. The maximum Gasteiger partial charge on any atom is 0.335 e. The largest absolute Gasteiger partial charge is 0.496 e. The second-order valence-electron chi connectivity index (χ2n) is 12.2. The predicted octanol–water partition coefficient (Wildman–Crippen LogP) is 3.31. The summed E-state index contributed by atoms with van der Waals surface area (Å²) in [6.45, 7) is 2.97. The van der Waals surface area contributed by atoms with Crippen molar-refractivity contribution in [2.45, 2.75) is 44.4 Å². The van der Waals surface area contributed by atoms with Gasteiger partial charge in [-0.3, -0.25) is 4.79 Å². The summed E-state index contributed by atoms with van der Waals surface area (Å²) in [5.74, 6) is -1.39. The van der Waals surface area contributed by atoms with Gasteiger partial charge in [0.15, 0.2) is 0 Å². The SMILES string of the molecule is CNC1(c2cc(-c3cccc(CNC(C(N)=O)C(CO)C(C)CNCc4cccc(C(=O)O)c4)c3OC)cc(N(C)C)c2)CC1. The number of nitrogens with zero attached hydrogens (tertiary/aromatic N) is 1. The molecule has 242 valence electrons. The van der Waals surface area contributed by atoms with Crippen molar-refractivity contribution < 1.29 is 24.5 Å². The van der Waals surface area contributed by atoms with E-state index in [0.717, 1.165) is 40.8 Å². The molecule has 0 saturated heterocycles. The lowest BCUT2D eigenvalue weighted by atomic mass is 9.87. The Kier molecular flexibility index (Phi) is 11.2. The Balaban J connectivity index is 1.50.